The van der Waals surface area contributed by atoms with E-state index >= 15 is 0 Å². The molecule has 0 radical (unpaired) electrons. The first-order valence-corrected chi connectivity index (χ1v) is 12.4. The van der Waals surface area contributed by atoms with Gasteiger partial charge < -0.3 is 14.4 Å². The number of alkyl halides is 2. The lowest BCUT2D eigenvalue weighted by Gasteiger charge is -2.37. The van der Waals surface area contributed by atoms with Gasteiger partial charge in [-0.1, -0.05) is 0 Å². The summed E-state index contributed by atoms with van der Waals surface area (Å²) < 4.78 is 39.0. The van der Waals surface area contributed by atoms with E-state index in [1.54, 1.807) is 26.8 Å². The molecule has 0 atom stereocenters. The third-order valence-electron chi connectivity index (χ3n) is 5.73. The van der Waals surface area contributed by atoms with Crippen LogP contribution in [-0.4, -0.2) is 64.9 Å². The number of hydrogen-bond donors (Lipinski definition) is 0. The van der Waals surface area contributed by atoms with E-state index in [4.69, 9.17) is 19.4 Å². The molecule has 0 N–H and O–H groups in total. The zero-order valence-electron chi connectivity index (χ0n) is 20.0. The third-order valence-corrected chi connectivity index (χ3v) is 6.69. The van der Waals surface area contributed by atoms with Crippen molar-refractivity contribution >= 4 is 29.1 Å². The maximum absolute atomic E-state index is 13.9. The molecule has 0 aromatic carbocycles. The SMILES string of the molecule is Cc1csc(-c2nc(N3CCOCC3)cc(N(C(=O)OC(C)(C)C)C3CCC(F)(F)CC3)n2)n1. The normalized spacial score (nSPS) is 19.2. The van der Waals surface area contributed by atoms with Crippen LogP contribution in [0.15, 0.2) is 11.4 Å². The minimum absolute atomic E-state index is 0.162. The summed E-state index contributed by atoms with van der Waals surface area (Å²) in [5.74, 6) is -1.34. The number of amides is 1. The van der Waals surface area contributed by atoms with Crippen LogP contribution in [0.2, 0.25) is 0 Å². The average molecular weight is 496 g/mol. The molecule has 0 bridgehead atoms. The molecular weight excluding hydrogens is 464 g/mol. The monoisotopic (exact) mass is 495 g/mol. The van der Waals surface area contributed by atoms with Gasteiger partial charge in [-0.15, -0.1) is 11.3 Å². The fourth-order valence-corrected chi connectivity index (χ4v) is 4.80. The van der Waals surface area contributed by atoms with E-state index in [0.717, 1.165) is 5.69 Å². The highest BCUT2D eigenvalue weighted by Gasteiger charge is 2.40. The molecule has 8 nitrogen and oxygen atoms in total. The second kappa shape index (κ2) is 9.69. The molecule has 2 aromatic rings. The lowest BCUT2D eigenvalue weighted by atomic mass is 9.91. The summed E-state index contributed by atoms with van der Waals surface area (Å²) in [5.41, 5.74) is 0.101. The number of ether oxygens (including phenoxy) is 2. The van der Waals surface area contributed by atoms with Gasteiger partial charge in [0.15, 0.2) is 10.8 Å². The van der Waals surface area contributed by atoms with E-state index in [2.05, 4.69) is 9.88 Å². The van der Waals surface area contributed by atoms with Crippen molar-refractivity contribution in [3.63, 3.8) is 0 Å². The second-order valence-electron chi connectivity index (χ2n) is 9.74. The number of halogens is 2. The second-order valence-corrected chi connectivity index (χ2v) is 10.6. The van der Waals surface area contributed by atoms with Crippen LogP contribution >= 0.6 is 11.3 Å². The van der Waals surface area contributed by atoms with E-state index in [0.29, 0.717) is 48.8 Å². The van der Waals surface area contributed by atoms with Gasteiger partial charge in [0, 0.05) is 49.1 Å². The van der Waals surface area contributed by atoms with Crippen molar-refractivity contribution in [1.29, 1.82) is 0 Å². The Morgan fingerprint density at radius 3 is 2.47 bits per heavy atom. The number of rotatable bonds is 4. The molecule has 1 saturated carbocycles. The number of nitrogens with zero attached hydrogens (tertiary/aromatic N) is 5. The van der Waals surface area contributed by atoms with Gasteiger partial charge in [0.1, 0.15) is 17.2 Å². The summed E-state index contributed by atoms with van der Waals surface area (Å²) in [6, 6.07) is 1.29. The summed E-state index contributed by atoms with van der Waals surface area (Å²) in [7, 11) is 0. The predicted octanol–water partition coefficient (Wildman–Crippen LogP) is 5.06. The zero-order chi connectivity index (χ0) is 24.5. The Balaban J connectivity index is 1.77. The van der Waals surface area contributed by atoms with Gasteiger partial charge in [-0.05, 0) is 40.5 Å². The Kier molecular flexibility index (Phi) is 7.04. The summed E-state index contributed by atoms with van der Waals surface area (Å²) >= 11 is 1.42. The average Bonchev–Trinajstić information content (AvgIpc) is 3.21. The quantitative estimate of drug-likeness (QED) is 0.586. The molecule has 1 saturated heterocycles. The van der Waals surface area contributed by atoms with Crippen molar-refractivity contribution < 1.29 is 23.0 Å². The van der Waals surface area contributed by atoms with Crippen LogP contribution in [-0.2, 0) is 9.47 Å². The number of aryl methyl sites for hydroxylation is 1. The van der Waals surface area contributed by atoms with E-state index in [1.807, 2.05) is 12.3 Å². The van der Waals surface area contributed by atoms with E-state index < -0.39 is 23.7 Å². The predicted molar refractivity (Wildman–Crippen MR) is 127 cm³/mol. The van der Waals surface area contributed by atoms with Crippen molar-refractivity contribution in [1.82, 2.24) is 15.0 Å². The fourth-order valence-electron chi connectivity index (χ4n) is 4.08. The highest BCUT2D eigenvalue weighted by atomic mass is 32.1. The third kappa shape index (κ3) is 5.99. The Morgan fingerprint density at radius 1 is 1.21 bits per heavy atom. The molecule has 2 aliphatic rings. The highest BCUT2D eigenvalue weighted by Crippen LogP contribution is 2.38. The van der Waals surface area contributed by atoms with Gasteiger partial charge in [-0.2, -0.15) is 0 Å². The standard InChI is InChI=1S/C23H31F2N5O3S/c1-15-14-34-20(26-15)19-27-17(29-9-11-32-12-10-29)13-18(28-19)30(21(31)33-22(2,3)4)16-5-7-23(24,25)8-6-16/h13-14,16H,5-12H2,1-4H3. The Morgan fingerprint density at radius 2 is 1.88 bits per heavy atom. The highest BCUT2D eigenvalue weighted by molar-refractivity contribution is 7.13. The maximum atomic E-state index is 13.9. The number of hydrogen-bond acceptors (Lipinski definition) is 8. The van der Waals surface area contributed by atoms with E-state index in [-0.39, 0.29) is 25.7 Å². The van der Waals surface area contributed by atoms with Gasteiger partial charge in [-0.25, -0.2) is 28.5 Å². The minimum atomic E-state index is -2.72. The Bertz CT molecular complexity index is 1010. The molecule has 0 unspecified atom stereocenters. The molecule has 34 heavy (non-hydrogen) atoms. The topological polar surface area (TPSA) is 80.7 Å². The van der Waals surface area contributed by atoms with Gasteiger partial charge in [-0.3, -0.25) is 4.90 Å². The lowest BCUT2D eigenvalue weighted by molar-refractivity contribution is -0.0388. The molecule has 3 heterocycles. The van der Waals surface area contributed by atoms with Crippen LogP contribution < -0.4 is 9.80 Å². The van der Waals surface area contributed by atoms with Gasteiger partial charge in [0.05, 0.1) is 13.2 Å². The maximum Gasteiger partial charge on any atom is 0.416 e. The van der Waals surface area contributed by atoms with Gasteiger partial charge in [0.25, 0.3) is 0 Å². The van der Waals surface area contributed by atoms with Crippen molar-refractivity contribution in [3.8, 4) is 10.8 Å². The van der Waals surface area contributed by atoms with E-state index in [1.165, 1.54) is 16.2 Å². The molecule has 4 rings (SSSR count). The number of carbonyl (C=O) groups excluding carboxylic acids is 1. The molecule has 1 aliphatic carbocycles. The Labute approximate surface area is 202 Å². The van der Waals surface area contributed by atoms with Crippen LogP contribution in [0.1, 0.15) is 52.1 Å². The van der Waals surface area contributed by atoms with E-state index in [9.17, 15) is 13.6 Å². The molecule has 0 spiro atoms. The van der Waals surface area contributed by atoms with Crippen LogP contribution in [0.4, 0.5) is 25.2 Å². The van der Waals surface area contributed by atoms with Crippen molar-refractivity contribution in [2.24, 2.45) is 0 Å². The largest absolute Gasteiger partial charge is 0.443 e. The number of carbonyl (C=O) groups is 1. The van der Waals surface area contributed by atoms with Crippen molar-refractivity contribution in [3.05, 3.63) is 17.1 Å². The number of morpholine rings is 1. The first kappa shape index (κ1) is 24.7. The van der Waals surface area contributed by atoms with Gasteiger partial charge in [0.2, 0.25) is 5.92 Å². The minimum Gasteiger partial charge on any atom is -0.443 e. The molecule has 2 aromatic heterocycles. The molecular formula is C23H31F2N5O3S. The molecule has 11 heteroatoms. The smallest absolute Gasteiger partial charge is 0.416 e. The van der Waals surface area contributed by atoms with Gasteiger partial charge >= 0.3 is 6.09 Å². The number of anilines is 2. The molecule has 1 aliphatic heterocycles. The Hall–Kier alpha value is -2.40. The fraction of sp³-hybridized carbons (Fsp3) is 0.652. The van der Waals surface area contributed by atoms with Crippen LogP contribution in [0, 0.1) is 6.92 Å². The number of aromatic nitrogens is 3. The molecule has 186 valence electrons. The zero-order valence-corrected chi connectivity index (χ0v) is 20.8. The summed E-state index contributed by atoms with van der Waals surface area (Å²) in [4.78, 5) is 30.8. The lowest BCUT2D eigenvalue weighted by Crippen LogP contribution is -2.47. The van der Waals surface area contributed by atoms with Crippen LogP contribution in [0.5, 0.6) is 0 Å². The molecule has 1 amide bonds. The number of thiazole rings is 1. The summed E-state index contributed by atoms with van der Waals surface area (Å²) in [6.07, 6.45) is -0.840. The summed E-state index contributed by atoms with van der Waals surface area (Å²) in [5, 5.41) is 2.54. The van der Waals surface area contributed by atoms with Crippen LogP contribution in [0.25, 0.3) is 10.8 Å². The van der Waals surface area contributed by atoms with Crippen molar-refractivity contribution in [2.45, 2.75) is 70.9 Å². The van der Waals surface area contributed by atoms with Crippen LogP contribution in [0.3, 0.4) is 0 Å². The summed E-state index contributed by atoms with van der Waals surface area (Å²) in [6.45, 7) is 9.66. The first-order chi connectivity index (χ1) is 16.0. The first-order valence-electron chi connectivity index (χ1n) is 11.6. The van der Waals surface area contributed by atoms with Crippen molar-refractivity contribution in [2.75, 3.05) is 36.1 Å². The molecule has 2 fully saturated rings.